The SMILES string of the molecule is COc1ccc(C(=O)c2cccc(N)c2C)cc1Br. The Hall–Kier alpha value is -1.81. The first kappa shape index (κ1) is 13.6. The normalized spacial score (nSPS) is 10.3. The van der Waals surface area contributed by atoms with Crippen molar-refractivity contribution in [2.45, 2.75) is 6.92 Å². The van der Waals surface area contributed by atoms with Crippen LogP contribution in [0.3, 0.4) is 0 Å². The fourth-order valence-corrected chi connectivity index (χ4v) is 2.40. The Labute approximate surface area is 120 Å². The van der Waals surface area contributed by atoms with E-state index in [1.807, 2.05) is 6.92 Å². The summed E-state index contributed by atoms with van der Waals surface area (Å²) >= 11 is 3.38. The number of carbonyl (C=O) groups is 1. The molecule has 19 heavy (non-hydrogen) atoms. The Morgan fingerprint density at radius 1 is 1.26 bits per heavy atom. The predicted molar refractivity (Wildman–Crippen MR) is 79.7 cm³/mol. The topological polar surface area (TPSA) is 52.3 Å². The molecule has 3 nitrogen and oxygen atoms in total. The van der Waals surface area contributed by atoms with Crippen LogP contribution in [0.1, 0.15) is 21.5 Å². The second-order valence-corrected chi connectivity index (χ2v) is 5.05. The summed E-state index contributed by atoms with van der Waals surface area (Å²) in [4.78, 5) is 12.5. The molecule has 0 spiro atoms. The molecular weight excluding hydrogens is 306 g/mol. The van der Waals surface area contributed by atoms with Crippen molar-refractivity contribution in [1.29, 1.82) is 0 Å². The second kappa shape index (κ2) is 5.45. The van der Waals surface area contributed by atoms with Crippen LogP contribution in [0.25, 0.3) is 0 Å². The van der Waals surface area contributed by atoms with E-state index >= 15 is 0 Å². The zero-order chi connectivity index (χ0) is 14.0. The van der Waals surface area contributed by atoms with Gasteiger partial charge in [-0.3, -0.25) is 4.79 Å². The smallest absolute Gasteiger partial charge is 0.193 e. The minimum absolute atomic E-state index is 0.0480. The molecule has 4 heteroatoms. The van der Waals surface area contributed by atoms with Gasteiger partial charge in [-0.25, -0.2) is 0 Å². The van der Waals surface area contributed by atoms with Crippen LogP contribution in [-0.2, 0) is 0 Å². The molecule has 0 radical (unpaired) electrons. The molecule has 0 aliphatic heterocycles. The number of anilines is 1. The van der Waals surface area contributed by atoms with E-state index in [1.54, 1.807) is 43.5 Å². The van der Waals surface area contributed by atoms with Crippen molar-refractivity contribution in [3.63, 3.8) is 0 Å². The van der Waals surface area contributed by atoms with Crippen molar-refractivity contribution < 1.29 is 9.53 Å². The summed E-state index contributed by atoms with van der Waals surface area (Å²) in [5.74, 6) is 0.647. The van der Waals surface area contributed by atoms with Gasteiger partial charge in [-0.05, 0) is 52.7 Å². The fourth-order valence-electron chi connectivity index (χ4n) is 1.86. The summed E-state index contributed by atoms with van der Waals surface area (Å²) in [5, 5.41) is 0. The van der Waals surface area contributed by atoms with E-state index < -0.39 is 0 Å². The molecule has 2 aromatic rings. The Morgan fingerprint density at radius 2 is 2.00 bits per heavy atom. The Morgan fingerprint density at radius 3 is 2.63 bits per heavy atom. The number of ketones is 1. The average Bonchev–Trinajstić information content (AvgIpc) is 2.41. The number of nitrogens with two attached hydrogens (primary N) is 1. The molecule has 0 aliphatic rings. The van der Waals surface area contributed by atoms with Gasteiger partial charge in [0.25, 0.3) is 0 Å². The summed E-state index contributed by atoms with van der Waals surface area (Å²) < 4.78 is 5.90. The number of halogens is 1. The molecule has 0 fully saturated rings. The van der Waals surface area contributed by atoms with E-state index in [9.17, 15) is 4.79 Å². The summed E-state index contributed by atoms with van der Waals surface area (Å²) in [7, 11) is 1.59. The van der Waals surface area contributed by atoms with Crippen molar-refractivity contribution in [3.8, 4) is 5.75 Å². The number of hydrogen-bond donors (Lipinski definition) is 1. The molecule has 2 N–H and O–H groups in total. The number of nitrogen functional groups attached to an aromatic ring is 1. The highest BCUT2D eigenvalue weighted by molar-refractivity contribution is 9.10. The number of methoxy groups -OCH3 is 1. The van der Waals surface area contributed by atoms with E-state index in [0.29, 0.717) is 22.6 Å². The molecule has 0 bridgehead atoms. The third kappa shape index (κ3) is 2.63. The highest BCUT2D eigenvalue weighted by Crippen LogP contribution is 2.27. The largest absolute Gasteiger partial charge is 0.496 e. The minimum Gasteiger partial charge on any atom is -0.496 e. The lowest BCUT2D eigenvalue weighted by Gasteiger charge is -2.09. The third-order valence-corrected chi connectivity index (χ3v) is 3.65. The maximum absolute atomic E-state index is 12.5. The monoisotopic (exact) mass is 319 g/mol. The molecule has 2 aromatic carbocycles. The standard InChI is InChI=1S/C15H14BrNO2/c1-9-11(4-3-5-13(9)17)15(18)10-6-7-14(19-2)12(16)8-10/h3-8H,17H2,1-2H3. The van der Waals surface area contributed by atoms with Crippen molar-refractivity contribution in [1.82, 2.24) is 0 Å². The highest BCUT2D eigenvalue weighted by atomic mass is 79.9. The number of hydrogen-bond acceptors (Lipinski definition) is 3. The zero-order valence-corrected chi connectivity index (χ0v) is 12.3. The van der Waals surface area contributed by atoms with Gasteiger partial charge in [-0.2, -0.15) is 0 Å². The Bertz CT molecular complexity index is 638. The summed E-state index contributed by atoms with van der Waals surface area (Å²) in [6.07, 6.45) is 0. The average molecular weight is 320 g/mol. The number of ether oxygens (including phenoxy) is 1. The fraction of sp³-hybridized carbons (Fsp3) is 0.133. The van der Waals surface area contributed by atoms with E-state index in [1.165, 1.54) is 0 Å². The van der Waals surface area contributed by atoms with Gasteiger partial charge in [0.2, 0.25) is 0 Å². The highest BCUT2D eigenvalue weighted by Gasteiger charge is 2.14. The second-order valence-electron chi connectivity index (χ2n) is 4.20. The lowest BCUT2D eigenvalue weighted by atomic mass is 9.98. The predicted octanol–water partition coefficient (Wildman–Crippen LogP) is 3.58. The molecule has 2 rings (SSSR count). The van der Waals surface area contributed by atoms with Crippen molar-refractivity contribution in [2.24, 2.45) is 0 Å². The van der Waals surface area contributed by atoms with Crippen molar-refractivity contribution in [2.75, 3.05) is 12.8 Å². The molecule has 98 valence electrons. The molecule has 0 aliphatic carbocycles. The molecule has 0 amide bonds. The molecular formula is C15H14BrNO2. The number of benzene rings is 2. The molecule has 0 saturated carbocycles. The van der Waals surface area contributed by atoms with Gasteiger partial charge in [0.15, 0.2) is 5.78 Å². The first-order chi connectivity index (χ1) is 9.04. The van der Waals surface area contributed by atoms with E-state index in [2.05, 4.69) is 15.9 Å². The Kier molecular flexibility index (Phi) is 3.90. The molecule has 0 heterocycles. The van der Waals surface area contributed by atoms with Crippen molar-refractivity contribution in [3.05, 3.63) is 57.6 Å². The maximum Gasteiger partial charge on any atom is 0.193 e. The third-order valence-electron chi connectivity index (χ3n) is 3.03. The van der Waals surface area contributed by atoms with Gasteiger partial charge in [0, 0.05) is 16.8 Å². The molecule has 0 aromatic heterocycles. The van der Waals surface area contributed by atoms with Gasteiger partial charge in [-0.1, -0.05) is 12.1 Å². The van der Waals surface area contributed by atoms with Gasteiger partial charge in [-0.15, -0.1) is 0 Å². The van der Waals surface area contributed by atoms with Crippen LogP contribution in [0.2, 0.25) is 0 Å². The maximum atomic E-state index is 12.5. The van der Waals surface area contributed by atoms with Gasteiger partial charge in [0.1, 0.15) is 5.75 Å². The lowest BCUT2D eigenvalue weighted by molar-refractivity contribution is 0.103. The van der Waals surface area contributed by atoms with Crippen LogP contribution in [0, 0.1) is 6.92 Å². The minimum atomic E-state index is -0.0480. The van der Waals surface area contributed by atoms with Crippen LogP contribution < -0.4 is 10.5 Å². The van der Waals surface area contributed by atoms with Crippen LogP contribution in [0.5, 0.6) is 5.75 Å². The summed E-state index contributed by atoms with van der Waals surface area (Å²) in [6, 6.07) is 10.6. The van der Waals surface area contributed by atoms with Crippen LogP contribution >= 0.6 is 15.9 Å². The molecule has 0 saturated heterocycles. The summed E-state index contributed by atoms with van der Waals surface area (Å²) in [6.45, 7) is 1.85. The number of carbonyl (C=O) groups excluding carboxylic acids is 1. The van der Waals surface area contributed by atoms with Crippen molar-refractivity contribution >= 4 is 27.4 Å². The molecule has 0 unspecified atom stereocenters. The van der Waals surface area contributed by atoms with Crippen LogP contribution in [0.15, 0.2) is 40.9 Å². The first-order valence-electron chi connectivity index (χ1n) is 5.78. The number of rotatable bonds is 3. The van der Waals surface area contributed by atoms with Crippen LogP contribution in [-0.4, -0.2) is 12.9 Å². The van der Waals surface area contributed by atoms with Gasteiger partial charge < -0.3 is 10.5 Å². The van der Waals surface area contributed by atoms with E-state index in [-0.39, 0.29) is 5.78 Å². The van der Waals surface area contributed by atoms with Crippen LogP contribution in [0.4, 0.5) is 5.69 Å². The van der Waals surface area contributed by atoms with Gasteiger partial charge >= 0.3 is 0 Å². The lowest BCUT2D eigenvalue weighted by Crippen LogP contribution is -2.05. The quantitative estimate of drug-likeness (QED) is 0.695. The van der Waals surface area contributed by atoms with E-state index in [4.69, 9.17) is 10.5 Å². The summed E-state index contributed by atoms with van der Waals surface area (Å²) in [5.41, 5.74) is 8.48. The molecule has 0 atom stereocenters. The van der Waals surface area contributed by atoms with E-state index in [0.717, 1.165) is 10.0 Å². The van der Waals surface area contributed by atoms with Gasteiger partial charge in [0.05, 0.1) is 11.6 Å². The first-order valence-corrected chi connectivity index (χ1v) is 6.57. The Balaban J connectivity index is 2.44. The zero-order valence-electron chi connectivity index (χ0n) is 10.7.